The van der Waals surface area contributed by atoms with Gasteiger partial charge in [0.2, 0.25) is 5.91 Å². The van der Waals surface area contributed by atoms with Crippen LogP contribution >= 0.6 is 0 Å². The minimum Gasteiger partial charge on any atom is -0.356 e. The molecule has 0 rings (SSSR count). The monoisotopic (exact) mass is 236 g/mol. The smallest absolute Gasteiger partial charge is 0.219 e. The Balaban J connectivity index is 3.39. The van der Waals surface area contributed by atoms with Crippen molar-refractivity contribution in [1.82, 2.24) is 5.32 Å². The molecule has 0 fully saturated rings. The first-order chi connectivity index (χ1) is 6.95. The number of unbranched alkanes of at least 4 members (excludes halogenated alkanes) is 1. The van der Waals surface area contributed by atoms with Crippen molar-refractivity contribution >= 4 is 15.7 Å². The fourth-order valence-corrected chi connectivity index (χ4v) is 1.75. The molecule has 0 aromatic carbocycles. The number of nitrogens with one attached hydrogen (secondary N) is 1. The number of hydrogen-bond donors (Lipinski definition) is 2. The molecule has 90 valence electrons. The Morgan fingerprint density at radius 2 is 1.93 bits per heavy atom. The van der Waals surface area contributed by atoms with E-state index in [0.717, 1.165) is 12.8 Å². The van der Waals surface area contributed by atoms with Gasteiger partial charge in [-0.05, 0) is 25.8 Å². The fraction of sp³-hybridized carbons (Fsp3) is 0.889. The van der Waals surface area contributed by atoms with E-state index >= 15 is 0 Å². The third-order valence-corrected chi connectivity index (χ3v) is 2.90. The summed E-state index contributed by atoms with van der Waals surface area (Å²) in [5.41, 5.74) is 5.29. The van der Waals surface area contributed by atoms with E-state index in [9.17, 15) is 13.2 Å². The van der Waals surface area contributed by atoms with E-state index in [-0.39, 0.29) is 11.7 Å². The molecule has 0 aliphatic rings. The lowest BCUT2D eigenvalue weighted by Crippen LogP contribution is -2.25. The summed E-state index contributed by atoms with van der Waals surface area (Å²) in [4.78, 5) is 11.1. The number of sulfone groups is 1. The Morgan fingerprint density at radius 1 is 1.27 bits per heavy atom. The van der Waals surface area contributed by atoms with Crippen LogP contribution in [-0.4, -0.2) is 39.4 Å². The zero-order chi connectivity index (χ0) is 11.7. The van der Waals surface area contributed by atoms with E-state index in [1.807, 2.05) is 0 Å². The molecule has 0 aliphatic carbocycles. The van der Waals surface area contributed by atoms with Crippen LogP contribution in [0.4, 0.5) is 0 Å². The van der Waals surface area contributed by atoms with Gasteiger partial charge in [-0.2, -0.15) is 0 Å². The molecule has 0 aromatic heterocycles. The first-order valence-electron chi connectivity index (χ1n) is 5.10. The molecule has 0 atom stereocenters. The molecule has 6 heteroatoms. The third kappa shape index (κ3) is 11.3. The third-order valence-electron chi connectivity index (χ3n) is 1.87. The summed E-state index contributed by atoms with van der Waals surface area (Å²) in [6.45, 7) is 1.02. The van der Waals surface area contributed by atoms with Crippen molar-refractivity contribution in [2.45, 2.75) is 25.7 Å². The molecular formula is C9H20N2O3S. The van der Waals surface area contributed by atoms with Gasteiger partial charge in [0, 0.05) is 19.2 Å². The topological polar surface area (TPSA) is 89.3 Å². The van der Waals surface area contributed by atoms with Gasteiger partial charge >= 0.3 is 0 Å². The van der Waals surface area contributed by atoms with Crippen LogP contribution in [0.15, 0.2) is 0 Å². The number of hydrogen-bond acceptors (Lipinski definition) is 4. The van der Waals surface area contributed by atoms with Gasteiger partial charge in [-0.3, -0.25) is 4.79 Å². The number of nitrogens with two attached hydrogens (primary N) is 1. The first kappa shape index (κ1) is 14.4. The predicted octanol–water partition coefficient (Wildman–Crippen LogP) is -0.334. The molecule has 0 heterocycles. The molecule has 0 spiro atoms. The fourth-order valence-electron chi connectivity index (χ4n) is 1.08. The maximum Gasteiger partial charge on any atom is 0.219 e. The molecule has 1 amide bonds. The van der Waals surface area contributed by atoms with Crippen molar-refractivity contribution < 1.29 is 13.2 Å². The molecule has 15 heavy (non-hydrogen) atoms. The molecule has 0 radical (unpaired) electrons. The molecular weight excluding hydrogens is 216 g/mol. The van der Waals surface area contributed by atoms with Crippen LogP contribution in [0.25, 0.3) is 0 Å². The summed E-state index contributed by atoms with van der Waals surface area (Å²) in [5, 5.41) is 2.67. The maximum absolute atomic E-state index is 11.1. The summed E-state index contributed by atoms with van der Waals surface area (Å²) in [7, 11) is -2.91. The molecule has 3 N–H and O–H groups in total. The molecule has 0 aromatic rings. The van der Waals surface area contributed by atoms with Gasteiger partial charge in [0.05, 0.1) is 5.75 Å². The average molecular weight is 236 g/mol. The van der Waals surface area contributed by atoms with E-state index in [1.165, 1.54) is 6.26 Å². The van der Waals surface area contributed by atoms with E-state index < -0.39 is 9.84 Å². The van der Waals surface area contributed by atoms with Crippen LogP contribution in [0.1, 0.15) is 25.7 Å². The Labute approximate surface area is 91.3 Å². The molecule has 0 bridgehead atoms. The summed E-state index contributed by atoms with van der Waals surface area (Å²) in [6, 6.07) is 0. The second kappa shape index (κ2) is 7.64. The summed E-state index contributed by atoms with van der Waals surface area (Å²) in [6.07, 6.45) is 3.76. The Kier molecular flexibility index (Phi) is 7.33. The van der Waals surface area contributed by atoms with Crippen molar-refractivity contribution in [3.8, 4) is 0 Å². The first-order valence-corrected chi connectivity index (χ1v) is 7.16. The number of amides is 1. The van der Waals surface area contributed by atoms with Gasteiger partial charge in [-0.1, -0.05) is 0 Å². The Hall–Kier alpha value is -0.620. The highest BCUT2D eigenvalue weighted by Gasteiger charge is 2.03. The minimum atomic E-state index is -2.91. The Morgan fingerprint density at radius 3 is 2.47 bits per heavy atom. The lowest BCUT2D eigenvalue weighted by atomic mass is 10.2. The summed E-state index contributed by atoms with van der Waals surface area (Å²) >= 11 is 0. The van der Waals surface area contributed by atoms with Gasteiger partial charge in [0.15, 0.2) is 0 Å². The van der Waals surface area contributed by atoms with Crippen molar-refractivity contribution in [3.63, 3.8) is 0 Å². The molecule has 0 aliphatic heterocycles. The van der Waals surface area contributed by atoms with Crippen LogP contribution in [0.5, 0.6) is 0 Å². The molecule has 0 unspecified atom stereocenters. The van der Waals surface area contributed by atoms with Crippen molar-refractivity contribution in [2.24, 2.45) is 5.73 Å². The normalized spacial score (nSPS) is 11.3. The Bertz CT molecular complexity index is 275. The SMILES string of the molecule is CS(=O)(=O)CCCNC(=O)CCCCN. The predicted molar refractivity (Wildman–Crippen MR) is 60.2 cm³/mol. The summed E-state index contributed by atoms with van der Waals surface area (Å²) in [5.74, 6) is 0.0905. The second-order valence-corrected chi connectivity index (χ2v) is 5.84. The maximum atomic E-state index is 11.1. The van der Waals surface area contributed by atoms with Crippen LogP contribution in [0, 0.1) is 0 Å². The highest BCUT2D eigenvalue weighted by molar-refractivity contribution is 7.90. The number of carbonyl (C=O) groups excluding carboxylic acids is 1. The van der Waals surface area contributed by atoms with Crippen LogP contribution in [0.2, 0.25) is 0 Å². The largest absolute Gasteiger partial charge is 0.356 e. The van der Waals surface area contributed by atoms with Crippen LogP contribution < -0.4 is 11.1 Å². The highest BCUT2D eigenvalue weighted by Crippen LogP contribution is 1.93. The van der Waals surface area contributed by atoms with Crippen molar-refractivity contribution in [1.29, 1.82) is 0 Å². The van der Waals surface area contributed by atoms with E-state index in [2.05, 4.69) is 5.32 Å². The average Bonchev–Trinajstić information content (AvgIpc) is 2.11. The van der Waals surface area contributed by atoms with E-state index in [1.54, 1.807) is 0 Å². The van der Waals surface area contributed by atoms with E-state index in [0.29, 0.717) is 25.9 Å². The van der Waals surface area contributed by atoms with Crippen molar-refractivity contribution in [3.05, 3.63) is 0 Å². The van der Waals surface area contributed by atoms with Crippen LogP contribution in [-0.2, 0) is 14.6 Å². The highest BCUT2D eigenvalue weighted by atomic mass is 32.2. The summed E-state index contributed by atoms with van der Waals surface area (Å²) < 4.78 is 21.5. The van der Waals surface area contributed by atoms with Gasteiger partial charge in [-0.25, -0.2) is 8.42 Å². The molecule has 0 saturated carbocycles. The van der Waals surface area contributed by atoms with Gasteiger partial charge in [0.1, 0.15) is 9.84 Å². The lowest BCUT2D eigenvalue weighted by molar-refractivity contribution is -0.121. The van der Waals surface area contributed by atoms with Crippen LogP contribution in [0.3, 0.4) is 0 Å². The molecule has 5 nitrogen and oxygen atoms in total. The minimum absolute atomic E-state index is 0.0306. The zero-order valence-corrected chi connectivity index (χ0v) is 9.98. The van der Waals surface area contributed by atoms with Gasteiger partial charge in [0.25, 0.3) is 0 Å². The van der Waals surface area contributed by atoms with Gasteiger partial charge in [-0.15, -0.1) is 0 Å². The van der Waals surface area contributed by atoms with E-state index in [4.69, 9.17) is 5.73 Å². The quantitative estimate of drug-likeness (QED) is 0.565. The standard InChI is InChI=1S/C9H20N2O3S/c1-15(13,14)8-4-7-11-9(12)5-2-3-6-10/h2-8,10H2,1H3,(H,11,12). The number of rotatable bonds is 8. The van der Waals surface area contributed by atoms with Gasteiger partial charge < -0.3 is 11.1 Å². The molecule has 0 saturated heterocycles. The number of carbonyl (C=O) groups is 1. The zero-order valence-electron chi connectivity index (χ0n) is 9.16. The van der Waals surface area contributed by atoms with Crippen molar-refractivity contribution in [2.75, 3.05) is 25.1 Å². The second-order valence-electron chi connectivity index (χ2n) is 3.58. The lowest BCUT2D eigenvalue weighted by Gasteiger charge is -2.03.